The molecule has 0 aromatic heterocycles. The van der Waals surface area contributed by atoms with Gasteiger partial charge in [0.05, 0.1) is 0 Å². The highest BCUT2D eigenvalue weighted by Gasteiger charge is 1.78. The van der Waals surface area contributed by atoms with Crippen LogP contribution in [0.25, 0.3) is 0 Å². The second-order valence-electron chi connectivity index (χ2n) is 3.37. The van der Waals surface area contributed by atoms with Gasteiger partial charge in [-0.15, -0.1) is 5.73 Å². The summed E-state index contributed by atoms with van der Waals surface area (Å²) in [7, 11) is 0. The van der Waals surface area contributed by atoms with Crippen LogP contribution in [0.5, 0.6) is 0 Å². The predicted octanol–water partition coefficient (Wildman–Crippen LogP) is 4.50. The highest BCUT2D eigenvalue weighted by molar-refractivity contribution is 5.13. The van der Waals surface area contributed by atoms with Crippen molar-refractivity contribution in [3.63, 3.8) is 0 Å². The fourth-order valence-electron chi connectivity index (χ4n) is 1.25. The predicted molar refractivity (Wildman–Crippen MR) is 67.7 cm³/mol. The Bertz CT molecular complexity index is 318. The van der Waals surface area contributed by atoms with E-state index in [1.165, 1.54) is 0 Å². The van der Waals surface area contributed by atoms with Crippen molar-refractivity contribution in [1.82, 2.24) is 0 Å². The van der Waals surface area contributed by atoms with Gasteiger partial charge >= 0.3 is 0 Å². The van der Waals surface area contributed by atoms with Crippen LogP contribution in [0.2, 0.25) is 0 Å². The molecule has 1 aliphatic rings. The smallest absolute Gasteiger partial charge is 0.0200 e. The minimum atomic E-state index is 1.11. The van der Waals surface area contributed by atoms with Crippen LogP contribution in [0.15, 0.2) is 66.5 Å². The van der Waals surface area contributed by atoms with E-state index in [0.717, 1.165) is 25.7 Å². The maximum atomic E-state index is 3.08. The third kappa shape index (κ3) is 7.54. The lowest BCUT2D eigenvalue weighted by Gasteiger charge is -1.87. The molecule has 0 heteroatoms. The summed E-state index contributed by atoms with van der Waals surface area (Å²) in [5.74, 6) is 0. The van der Waals surface area contributed by atoms with E-state index in [4.69, 9.17) is 0 Å². The zero-order valence-electron chi connectivity index (χ0n) is 9.10. The molecule has 0 N–H and O–H groups in total. The van der Waals surface area contributed by atoms with Crippen molar-refractivity contribution in [2.45, 2.75) is 25.7 Å². The molecule has 15 heavy (non-hydrogen) atoms. The van der Waals surface area contributed by atoms with E-state index in [1.807, 2.05) is 30.4 Å². The van der Waals surface area contributed by atoms with Crippen molar-refractivity contribution in [3.05, 3.63) is 66.5 Å². The Morgan fingerprint density at radius 1 is 0.533 bits per heavy atom. The summed E-state index contributed by atoms with van der Waals surface area (Å²) < 4.78 is 0. The van der Waals surface area contributed by atoms with Crippen molar-refractivity contribution in [2.75, 3.05) is 0 Å². The zero-order chi connectivity index (χ0) is 10.6. The monoisotopic (exact) mass is 198 g/mol. The third-order valence-corrected chi connectivity index (χ3v) is 2.05. The van der Waals surface area contributed by atoms with Crippen molar-refractivity contribution in [2.24, 2.45) is 0 Å². The molecule has 1 rings (SSSR count). The zero-order valence-corrected chi connectivity index (χ0v) is 9.10. The lowest BCUT2D eigenvalue weighted by Crippen LogP contribution is -1.67. The van der Waals surface area contributed by atoms with Crippen LogP contribution in [0.4, 0.5) is 0 Å². The highest BCUT2D eigenvalue weighted by Crippen LogP contribution is 1.98. The summed E-state index contributed by atoms with van der Waals surface area (Å²) in [5, 5.41) is 0. The number of rotatable bonds is 0. The number of hydrogen-bond acceptors (Lipinski definition) is 0. The first kappa shape index (κ1) is 11.6. The van der Waals surface area contributed by atoms with Gasteiger partial charge < -0.3 is 0 Å². The van der Waals surface area contributed by atoms with Crippen LogP contribution in [0.1, 0.15) is 25.7 Å². The van der Waals surface area contributed by atoms with Crippen LogP contribution in [-0.4, -0.2) is 0 Å². The van der Waals surface area contributed by atoms with Crippen LogP contribution in [0.3, 0.4) is 0 Å². The highest BCUT2D eigenvalue weighted by atomic mass is 13.8. The molecule has 1 aliphatic carbocycles. The number of hydrogen-bond donors (Lipinski definition) is 0. The quantitative estimate of drug-likeness (QED) is 0.397. The maximum absolute atomic E-state index is 3.08. The van der Waals surface area contributed by atoms with Gasteiger partial charge in [0, 0.05) is 0 Å². The summed E-state index contributed by atoms with van der Waals surface area (Å²) in [6, 6.07) is 0. The van der Waals surface area contributed by atoms with Crippen molar-refractivity contribution in [1.29, 1.82) is 0 Å². The van der Waals surface area contributed by atoms with Gasteiger partial charge in [-0.3, -0.25) is 0 Å². The molecule has 0 radical (unpaired) electrons. The summed E-state index contributed by atoms with van der Waals surface area (Å²) in [5.41, 5.74) is 3.08. The first-order valence-electron chi connectivity index (χ1n) is 5.54. The Morgan fingerprint density at radius 2 is 1.13 bits per heavy atom. The van der Waals surface area contributed by atoms with Gasteiger partial charge in [-0.05, 0) is 37.8 Å². The lowest BCUT2D eigenvalue weighted by molar-refractivity contribution is 1.00. The lowest BCUT2D eigenvalue weighted by atomic mass is 10.2. The van der Waals surface area contributed by atoms with Crippen molar-refractivity contribution in [3.8, 4) is 0 Å². The Labute approximate surface area is 92.7 Å². The van der Waals surface area contributed by atoms with Gasteiger partial charge in [-0.1, -0.05) is 48.6 Å². The normalized spacial score (nSPS) is 26.1. The van der Waals surface area contributed by atoms with E-state index in [9.17, 15) is 0 Å². The molecule has 0 aliphatic heterocycles. The van der Waals surface area contributed by atoms with E-state index in [0.29, 0.717) is 0 Å². The summed E-state index contributed by atoms with van der Waals surface area (Å²) in [6.45, 7) is 0. The molecular formula is C15H18. The molecule has 0 spiro atoms. The largest absolute Gasteiger partial charge is 0.121 e. The summed E-state index contributed by atoms with van der Waals surface area (Å²) >= 11 is 0. The second kappa shape index (κ2) is 9.05. The molecule has 0 heterocycles. The van der Waals surface area contributed by atoms with Gasteiger partial charge in [0.1, 0.15) is 0 Å². The first-order chi connectivity index (χ1) is 7.50. The van der Waals surface area contributed by atoms with E-state index < -0.39 is 0 Å². The topological polar surface area (TPSA) is 0 Å². The van der Waals surface area contributed by atoms with Gasteiger partial charge in [0.15, 0.2) is 0 Å². The van der Waals surface area contributed by atoms with Crippen LogP contribution < -0.4 is 0 Å². The fourth-order valence-corrected chi connectivity index (χ4v) is 1.25. The molecule has 0 amide bonds. The third-order valence-electron chi connectivity index (χ3n) is 2.05. The standard InChI is InChI=1S/C15H18/c1-2-4-6-8-10-12-14-15-13-11-9-7-5-3-1/h1-5,9-13H,6,8,14-15H2/b3-1-,4-2-,12-10-,13-11-. The van der Waals surface area contributed by atoms with E-state index >= 15 is 0 Å². The first-order valence-corrected chi connectivity index (χ1v) is 5.54. The average molecular weight is 198 g/mol. The summed E-state index contributed by atoms with van der Waals surface area (Å²) in [4.78, 5) is 0. The van der Waals surface area contributed by atoms with Gasteiger partial charge in [-0.25, -0.2) is 0 Å². The van der Waals surface area contributed by atoms with E-state index in [2.05, 4.69) is 36.1 Å². The molecule has 78 valence electrons. The van der Waals surface area contributed by atoms with E-state index in [-0.39, 0.29) is 0 Å². The molecular weight excluding hydrogens is 180 g/mol. The SMILES string of the molecule is C1=C/C=C\C=C/CC/C=C\CC/C=C\C=1. The van der Waals surface area contributed by atoms with Gasteiger partial charge in [0.25, 0.3) is 0 Å². The second-order valence-corrected chi connectivity index (χ2v) is 3.37. The maximum Gasteiger partial charge on any atom is -0.0200 e. The average Bonchev–Trinajstić information content (AvgIpc) is 2.27. The van der Waals surface area contributed by atoms with E-state index in [1.54, 1.807) is 0 Å². The molecule has 0 saturated carbocycles. The van der Waals surface area contributed by atoms with Crippen molar-refractivity contribution >= 4 is 0 Å². The van der Waals surface area contributed by atoms with Gasteiger partial charge in [0.2, 0.25) is 0 Å². The minimum Gasteiger partial charge on any atom is -0.121 e. The molecule has 0 unspecified atom stereocenters. The fraction of sp³-hybridized carbons (Fsp3) is 0.267. The molecule has 0 bridgehead atoms. The Kier molecular flexibility index (Phi) is 6.97. The molecule has 0 fully saturated rings. The van der Waals surface area contributed by atoms with Crippen molar-refractivity contribution < 1.29 is 0 Å². The molecule has 0 aromatic carbocycles. The molecule has 0 aromatic rings. The number of allylic oxidation sites excluding steroid dienone is 9. The Morgan fingerprint density at radius 3 is 1.93 bits per heavy atom. The molecule has 0 nitrogen and oxygen atoms in total. The molecule has 0 saturated heterocycles. The van der Waals surface area contributed by atoms with Crippen LogP contribution in [-0.2, 0) is 0 Å². The summed E-state index contributed by atoms with van der Waals surface area (Å²) in [6.07, 6.45) is 25.4. The van der Waals surface area contributed by atoms with Crippen LogP contribution in [0, 0.1) is 0 Å². The van der Waals surface area contributed by atoms with Crippen LogP contribution >= 0.6 is 0 Å². The molecule has 0 atom stereocenters. The Balaban J connectivity index is 2.52. The van der Waals surface area contributed by atoms with Gasteiger partial charge in [-0.2, -0.15) is 0 Å². The minimum absolute atomic E-state index is 1.11. The Hall–Kier alpha value is -1.52.